The van der Waals surface area contributed by atoms with Crippen molar-refractivity contribution in [1.29, 1.82) is 0 Å². The van der Waals surface area contributed by atoms with E-state index in [-0.39, 0.29) is 29.4 Å². The normalized spacial score (nSPS) is 21.6. The molecule has 0 bridgehead atoms. The van der Waals surface area contributed by atoms with Gasteiger partial charge in [0.05, 0.1) is 17.5 Å². The molecule has 2 heterocycles. The van der Waals surface area contributed by atoms with E-state index < -0.39 is 15.7 Å². The van der Waals surface area contributed by atoms with Crippen molar-refractivity contribution in [2.75, 3.05) is 23.0 Å². The Balaban J connectivity index is 1.32. The Labute approximate surface area is 208 Å². The second-order valence-electron chi connectivity index (χ2n) is 8.33. The maximum Gasteiger partial charge on any atom is 0.285 e. The summed E-state index contributed by atoms with van der Waals surface area (Å²) in [6.45, 7) is 0.257. The quantitative estimate of drug-likeness (QED) is 0.478. The lowest BCUT2D eigenvalue weighted by atomic mass is 10.2. The lowest BCUT2D eigenvalue weighted by molar-refractivity contribution is -0.119. The van der Waals surface area contributed by atoms with Gasteiger partial charge in [0.2, 0.25) is 0 Å². The van der Waals surface area contributed by atoms with E-state index in [1.807, 2.05) is 77.7 Å². The molecule has 0 radical (unpaired) electrons. The van der Waals surface area contributed by atoms with Gasteiger partial charge in [0.15, 0.2) is 21.6 Å². The third-order valence-corrected chi connectivity index (χ3v) is 8.97. The van der Waals surface area contributed by atoms with E-state index in [1.54, 1.807) is 12.1 Å². The van der Waals surface area contributed by atoms with Crippen LogP contribution in [0.3, 0.4) is 0 Å². The number of anilines is 1. The number of para-hydroxylation sites is 1. The minimum Gasteiger partial charge on any atom is -0.489 e. The third kappa shape index (κ3) is 5.68. The van der Waals surface area contributed by atoms with Gasteiger partial charge in [-0.3, -0.25) is 4.79 Å². The van der Waals surface area contributed by atoms with E-state index in [2.05, 4.69) is 4.99 Å². The summed E-state index contributed by atoms with van der Waals surface area (Å²) in [5.74, 6) is 0.971. The molecule has 2 saturated heterocycles. The number of thioether (sulfide) groups is 1. The number of ether oxygens (including phenoxy) is 2. The number of aliphatic imine (C=N–C) groups is 1. The molecular weight excluding hydrogens is 484 g/mol. The van der Waals surface area contributed by atoms with Crippen molar-refractivity contribution in [3.05, 3.63) is 90.5 Å². The average molecular weight is 509 g/mol. The minimum atomic E-state index is -3.14. The molecule has 0 N–H and O–H groups in total. The topological polar surface area (TPSA) is 85.3 Å². The molecule has 0 spiro atoms. The number of carbonyl (C=O) groups excluding carboxylic acids is 1. The standard InChI is InChI=1S/C26H24N2O5S2/c29-25(16-33-21-9-5-2-6-10-21)27-26-28(23-17-35(30,31)18-24(23)34-26)20-11-13-22(14-12-20)32-15-19-7-3-1-4-8-19/h1-14,23-24H,15-18H2/t23-,24+/m1/s1. The summed E-state index contributed by atoms with van der Waals surface area (Å²) in [6.07, 6.45) is 0. The van der Waals surface area contributed by atoms with Gasteiger partial charge in [0.1, 0.15) is 18.1 Å². The molecule has 0 saturated carbocycles. The van der Waals surface area contributed by atoms with Gasteiger partial charge < -0.3 is 14.4 Å². The molecule has 3 aromatic carbocycles. The van der Waals surface area contributed by atoms with Gasteiger partial charge >= 0.3 is 0 Å². The fraction of sp³-hybridized carbons (Fsp3) is 0.231. The Morgan fingerprint density at radius 1 is 0.886 bits per heavy atom. The highest BCUT2D eigenvalue weighted by molar-refractivity contribution is 8.16. The zero-order valence-corrected chi connectivity index (χ0v) is 20.5. The van der Waals surface area contributed by atoms with Crippen LogP contribution in [0.15, 0.2) is 89.9 Å². The van der Waals surface area contributed by atoms with E-state index in [0.29, 0.717) is 23.3 Å². The molecule has 9 heteroatoms. The Kier molecular flexibility index (Phi) is 6.79. The van der Waals surface area contributed by atoms with Crippen LogP contribution in [0.2, 0.25) is 0 Å². The van der Waals surface area contributed by atoms with Crippen LogP contribution in [0.5, 0.6) is 11.5 Å². The summed E-state index contributed by atoms with van der Waals surface area (Å²) in [4.78, 5) is 18.7. The number of benzene rings is 3. The second-order valence-corrected chi connectivity index (χ2v) is 11.7. The number of carbonyl (C=O) groups is 1. The molecule has 2 aliphatic rings. The van der Waals surface area contributed by atoms with Crippen LogP contribution < -0.4 is 14.4 Å². The highest BCUT2D eigenvalue weighted by Gasteiger charge is 2.49. The lowest BCUT2D eigenvalue weighted by Gasteiger charge is -2.24. The van der Waals surface area contributed by atoms with Crippen LogP contribution in [0.4, 0.5) is 5.69 Å². The van der Waals surface area contributed by atoms with Gasteiger partial charge in [-0.1, -0.05) is 60.3 Å². The van der Waals surface area contributed by atoms with E-state index in [1.165, 1.54) is 11.8 Å². The number of amidine groups is 1. The summed E-state index contributed by atoms with van der Waals surface area (Å²) in [7, 11) is -3.14. The summed E-state index contributed by atoms with van der Waals surface area (Å²) in [5, 5.41) is 0.324. The Morgan fingerprint density at radius 2 is 1.54 bits per heavy atom. The fourth-order valence-corrected chi connectivity index (χ4v) is 8.04. The summed E-state index contributed by atoms with van der Waals surface area (Å²) < 4.78 is 36.0. The van der Waals surface area contributed by atoms with Crippen molar-refractivity contribution in [3.63, 3.8) is 0 Å². The van der Waals surface area contributed by atoms with E-state index in [0.717, 1.165) is 11.3 Å². The number of hydrogen-bond donors (Lipinski definition) is 0. The largest absolute Gasteiger partial charge is 0.489 e. The van der Waals surface area contributed by atoms with Crippen molar-refractivity contribution < 1.29 is 22.7 Å². The van der Waals surface area contributed by atoms with E-state index in [4.69, 9.17) is 9.47 Å². The molecule has 0 aromatic heterocycles. The molecule has 2 fully saturated rings. The van der Waals surface area contributed by atoms with Crippen molar-refractivity contribution in [1.82, 2.24) is 0 Å². The number of sulfone groups is 1. The van der Waals surface area contributed by atoms with Gasteiger partial charge in [-0.25, -0.2) is 8.42 Å². The third-order valence-electron chi connectivity index (χ3n) is 5.76. The fourth-order valence-electron chi connectivity index (χ4n) is 4.11. The lowest BCUT2D eigenvalue weighted by Crippen LogP contribution is -2.37. The van der Waals surface area contributed by atoms with Crippen molar-refractivity contribution >= 4 is 38.4 Å². The highest BCUT2D eigenvalue weighted by atomic mass is 32.2. The molecule has 2 aliphatic heterocycles. The molecule has 180 valence electrons. The average Bonchev–Trinajstić information content (AvgIpc) is 3.33. The van der Waals surface area contributed by atoms with Crippen LogP contribution in [-0.4, -0.2) is 48.9 Å². The number of hydrogen-bond acceptors (Lipinski definition) is 6. The molecule has 1 amide bonds. The molecule has 0 aliphatic carbocycles. The zero-order chi connectivity index (χ0) is 24.3. The first-order chi connectivity index (χ1) is 17.0. The number of amides is 1. The van der Waals surface area contributed by atoms with Crippen molar-refractivity contribution in [2.45, 2.75) is 17.9 Å². The first kappa shape index (κ1) is 23.4. The van der Waals surface area contributed by atoms with Gasteiger partial charge in [-0.15, -0.1) is 0 Å². The van der Waals surface area contributed by atoms with Gasteiger partial charge in [-0.2, -0.15) is 4.99 Å². The van der Waals surface area contributed by atoms with Crippen molar-refractivity contribution in [3.8, 4) is 11.5 Å². The molecular formula is C26H24N2O5S2. The van der Waals surface area contributed by atoms with Gasteiger partial charge in [0, 0.05) is 10.9 Å². The minimum absolute atomic E-state index is 0.0324. The Bertz CT molecular complexity index is 1310. The second kappa shape index (κ2) is 10.1. The van der Waals surface area contributed by atoms with Crippen molar-refractivity contribution in [2.24, 2.45) is 4.99 Å². The molecule has 2 atom stereocenters. The van der Waals surface area contributed by atoms with Crippen LogP contribution in [0, 0.1) is 0 Å². The molecule has 3 aromatic rings. The predicted molar refractivity (Wildman–Crippen MR) is 138 cm³/mol. The van der Waals surface area contributed by atoms with Gasteiger partial charge in [-0.05, 0) is 42.0 Å². The smallest absolute Gasteiger partial charge is 0.285 e. The van der Waals surface area contributed by atoms with E-state index in [9.17, 15) is 13.2 Å². The van der Waals surface area contributed by atoms with Crippen LogP contribution in [0.25, 0.3) is 0 Å². The number of fused-ring (bicyclic) bond motifs is 1. The highest BCUT2D eigenvalue weighted by Crippen LogP contribution is 2.41. The number of nitrogens with zero attached hydrogens (tertiary/aromatic N) is 2. The molecule has 35 heavy (non-hydrogen) atoms. The molecule has 7 nitrogen and oxygen atoms in total. The van der Waals surface area contributed by atoms with Crippen LogP contribution in [0.1, 0.15) is 5.56 Å². The summed E-state index contributed by atoms with van der Waals surface area (Å²) >= 11 is 1.34. The maximum atomic E-state index is 12.6. The monoisotopic (exact) mass is 508 g/mol. The first-order valence-corrected chi connectivity index (χ1v) is 13.9. The van der Waals surface area contributed by atoms with E-state index >= 15 is 0 Å². The Hall–Kier alpha value is -3.30. The summed E-state index contributed by atoms with van der Waals surface area (Å²) in [6, 6.07) is 26.1. The summed E-state index contributed by atoms with van der Waals surface area (Å²) in [5.41, 5.74) is 1.84. The van der Waals surface area contributed by atoms with Gasteiger partial charge in [0.25, 0.3) is 5.91 Å². The van der Waals surface area contributed by atoms with Crippen LogP contribution in [-0.2, 0) is 21.2 Å². The molecule has 0 unspecified atom stereocenters. The Morgan fingerprint density at radius 3 is 2.26 bits per heavy atom. The zero-order valence-electron chi connectivity index (χ0n) is 18.8. The first-order valence-electron chi connectivity index (χ1n) is 11.2. The maximum absolute atomic E-state index is 12.6. The number of rotatable bonds is 7. The van der Waals surface area contributed by atoms with Crippen LogP contribution >= 0.6 is 11.8 Å². The molecule has 5 rings (SSSR count). The predicted octanol–water partition coefficient (Wildman–Crippen LogP) is 3.95. The SMILES string of the molecule is O=C(COc1ccccc1)N=C1S[C@H]2CS(=O)(=O)C[C@H]2N1c1ccc(OCc2ccccc2)cc1.